The highest BCUT2D eigenvalue weighted by atomic mass is 32.1. The Morgan fingerprint density at radius 1 is 1.27 bits per heavy atom. The van der Waals surface area contributed by atoms with Crippen LogP contribution in [0.25, 0.3) is 15.8 Å². The molecule has 2 aromatic rings. The fourth-order valence-electron chi connectivity index (χ4n) is 3.92. The standard InChI is InChI=1S/C16H21N5S/c1-15(2)5-4-9-8(6-15)10-11-12(13(17)20-7-19-11)22-14(10)21-16(9,3)18/h7,9H,4-6,18H2,1-3H3,(H2,17,19,20). The SMILES string of the molecule is CC1(C)CCC2C(=c3c(sc4c(N)ncnc34)=NC2(C)N)C1. The molecule has 6 heteroatoms. The highest BCUT2D eigenvalue weighted by Crippen LogP contribution is 2.46. The highest BCUT2D eigenvalue weighted by molar-refractivity contribution is 7.17. The van der Waals surface area contributed by atoms with E-state index < -0.39 is 5.66 Å². The van der Waals surface area contributed by atoms with Gasteiger partial charge in [0.25, 0.3) is 0 Å². The van der Waals surface area contributed by atoms with E-state index in [1.165, 1.54) is 17.2 Å². The second-order valence-electron chi connectivity index (χ2n) is 7.51. The first-order valence-corrected chi connectivity index (χ1v) is 8.51. The molecule has 4 N–H and O–H groups in total. The van der Waals surface area contributed by atoms with E-state index in [4.69, 9.17) is 16.5 Å². The molecule has 22 heavy (non-hydrogen) atoms. The number of nitrogens with zero attached hydrogens (tertiary/aromatic N) is 3. The van der Waals surface area contributed by atoms with Crippen LogP contribution in [0.2, 0.25) is 0 Å². The van der Waals surface area contributed by atoms with E-state index in [2.05, 4.69) is 23.8 Å². The van der Waals surface area contributed by atoms with Crippen LogP contribution in [0, 0.1) is 11.3 Å². The average Bonchev–Trinajstić information content (AvgIpc) is 2.76. The summed E-state index contributed by atoms with van der Waals surface area (Å²) in [6, 6.07) is 0. The van der Waals surface area contributed by atoms with E-state index in [9.17, 15) is 0 Å². The van der Waals surface area contributed by atoms with Crippen LogP contribution in [0.5, 0.6) is 0 Å². The van der Waals surface area contributed by atoms with E-state index >= 15 is 0 Å². The van der Waals surface area contributed by atoms with Crippen LogP contribution in [-0.2, 0) is 0 Å². The van der Waals surface area contributed by atoms with Gasteiger partial charge in [0, 0.05) is 11.1 Å². The summed E-state index contributed by atoms with van der Waals surface area (Å²) in [5.41, 5.74) is 14.7. The van der Waals surface area contributed by atoms with Crippen LogP contribution >= 0.6 is 11.3 Å². The third-order valence-electron chi connectivity index (χ3n) is 5.05. The Hall–Kier alpha value is -1.53. The summed E-state index contributed by atoms with van der Waals surface area (Å²) in [4.78, 5) is 13.5. The Balaban J connectivity index is 2.15. The molecule has 5 nitrogen and oxygen atoms in total. The second-order valence-corrected chi connectivity index (χ2v) is 8.51. The van der Waals surface area contributed by atoms with Gasteiger partial charge >= 0.3 is 0 Å². The third kappa shape index (κ3) is 1.90. The predicted octanol–water partition coefficient (Wildman–Crippen LogP) is 1.56. The van der Waals surface area contributed by atoms with Gasteiger partial charge in [0.1, 0.15) is 22.5 Å². The normalized spacial score (nSPS) is 29.8. The smallest absolute Gasteiger partial charge is 0.144 e. The molecule has 0 bridgehead atoms. The molecule has 2 aliphatic rings. The molecule has 1 aliphatic heterocycles. The molecule has 4 rings (SSSR count). The molecule has 0 spiro atoms. The van der Waals surface area contributed by atoms with Gasteiger partial charge in [0.15, 0.2) is 0 Å². The van der Waals surface area contributed by atoms with Gasteiger partial charge in [-0.3, -0.25) is 4.99 Å². The molecule has 2 unspecified atom stereocenters. The molecule has 0 radical (unpaired) electrons. The summed E-state index contributed by atoms with van der Waals surface area (Å²) >= 11 is 1.57. The van der Waals surface area contributed by atoms with Crippen molar-refractivity contribution in [3.05, 3.63) is 16.2 Å². The van der Waals surface area contributed by atoms with E-state index in [0.717, 1.165) is 27.7 Å². The van der Waals surface area contributed by atoms with Crippen LogP contribution < -0.4 is 21.4 Å². The van der Waals surface area contributed by atoms with Gasteiger partial charge in [-0.2, -0.15) is 0 Å². The Labute approximate surface area is 133 Å². The molecular weight excluding hydrogens is 294 g/mol. The van der Waals surface area contributed by atoms with Crippen LogP contribution in [0.3, 0.4) is 0 Å². The third-order valence-corrected chi connectivity index (χ3v) is 6.14. The minimum Gasteiger partial charge on any atom is -0.382 e. The monoisotopic (exact) mass is 315 g/mol. The zero-order chi connectivity index (χ0) is 15.7. The first-order valence-electron chi connectivity index (χ1n) is 7.69. The Morgan fingerprint density at radius 3 is 2.82 bits per heavy atom. The number of hydrogen-bond donors (Lipinski definition) is 2. The molecule has 0 aromatic carbocycles. The Bertz CT molecular complexity index is 893. The van der Waals surface area contributed by atoms with Crippen molar-refractivity contribution in [2.75, 3.05) is 5.73 Å². The number of rotatable bonds is 0. The first kappa shape index (κ1) is 14.1. The van der Waals surface area contributed by atoms with Crippen molar-refractivity contribution in [3.63, 3.8) is 0 Å². The van der Waals surface area contributed by atoms with E-state index in [1.54, 1.807) is 17.7 Å². The lowest BCUT2D eigenvalue weighted by molar-refractivity contribution is 0.221. The van der Waals surface area contributed by atoms with Gasteiger partial charge in [0.05, 0.1) is 10.2 Å². The number of nitrogen functional groups attached to an aromatic ring is 1. The van der Waals surface area contributed by atoms with Crippen molar-refractivity contribution in [1.29, 1.82) is 0 Å². The van der Waals surface area contributed by atoms with Gasteiger partial charge in [-0.1, -0.05) is 19.4 Å². The van der Waals surface area contributed by atoms with Crippen LogP contribution in [-0.4, -0.2) is 15.6 Å². The molecule has 0 saturated heterocycles. The van der Waals surface area contributed by atoms with E-state index in [0.29, 0.717) is 17.2 Å². The van der Waals surface area contributed by atoms with Crippen LogP contribution in [0.1, 0.15) is 40.0 Å². The van der Waals surface area contributed by atoms with Crippen molar-refractivity contribution in [2.24, 2.45) is 22.1 Å². The molecule has 1 fully saturated rings. The van der Waals surface area contributed by atoms with Gasteiger partial charge in [-0.25, -0.2) is 9.97 Å². The number of fused-ring (bicyclic) bond motifs is 4. The Kier molecular flexibility index (Phi) is 2.73. The lowest BCUT2D eigenvalue weighted by Crippen LogP contribution is -2.52. The molecule has 2 atom stereocenters. The largest absolute Gasteiger partial charge is 0.382 e. The average molecular weight is 315 g/mol. The fourth-order valence-corrected chi connectivity index (χ4v) is 5.10. The van der Waals surface area contributed by atoms with Crippen molar-refractivity contribution < 1.29 is 0 Å². The first-order chi connectivity index (χ1) is 10.3. The van der Waals surface area contributed by atoms with Gasteiger partial charge in [-0.15, -0.1) is 11.3 Å². The topological polar surface area (TPSA) is 90.2 Å². The van der Waals surface area contributed by atoms with Crippen LogP contribution in [0.4, 0.5) is 5.82 Å². The number of aromatic nitrogens is 2. The zero-order valence-electron chi connectivity index (χ0n) is 13.2. The molecule has 3 heterocycles. The van der Waals surface area contributed by atoms with Gasteiger partial charge in [0.2, 0.25) is 0 Å². The molecule has 1 aliphatic carbocycles. The zero-order valence-corrected chi connectivity index (χ0v) is 14.0. The quantitative estimate of drug-likeness (QED) is 0.772. The lowest BCUT2D eigenvalue weighted by Gasteiger charge is -2.43. The van der Waals surface area contributed by atoms with E-state index in [1.807, 2.05) is 6.92 Å². The minimum absolute atomic E-state index is 0.294. The lowest BCUT2D eigenvalue weighted by atomic mass is 9.66. The number of nitrogens with two attached hydrogens (primary N) is 2. The van der Waals surface area contributed by atoms with Crippen molar-refractivity contribution >= 4 is 32.9 Å². The summed E-state index contributed by atoms with van der Waals surface area (Å²) < 4.78 is 1.90. The summed E-state index contributed by atoms with van der Waals surface area (Å²) in [5, 5.41) is 1.18. The number of hydrogen-bond acceptors (Lipinski definition) is 6. The maximum atomic E-state index is 6.55. The van der Waals surface area contributed by atoms with Crippen molar-refractivity contribution in [3.8, 4) is 0 Å². The van der Waals surface area contributed by atoms with Crippen molar-refractivity contribution in [2.45, 2.75) is 45.7 Å². The summed E-state index contributed by atoms with van der Waals surface area (Å²) in [6.07, 6.45) is 4.85. The minimum atomic E-state index is -0.540. The molecule has 1 saturated carbocycles. The summed E-state index contributed by atoms with van der Waals surface area (Å²) in [6.45, 7) is 6.69. The summed E-state index contributed by atoms with van der Waals surface area (Å²) in [5.74, 6) is 0.826. The summed E-state index contributed by atoms with van der Waals surface area (Å²) in [7, 11) is 0. The maximum Gasteiger partial charge on any atom is 0.144 e. The van der Waals surface area contributed by atoms with E-state index in [-0.39, 0.29) is 0 Å². The fraction of sp³-hybridized carbons (Fsp3) is 0.562. The van der Waals surface area contributed by atoms with Crippen LogP contribution in [0.15, 0.2) is 11.3 Å². The Morgan fingerprint density at radius 2 is 2.05 bits per heavy atom. The molecular formula is C16H21N5S. The second kappa shape index (κ2) is 4.26. The number of anilines is 1. The van der Waals surface area contributed by atoms with Gasteiger partial charge < -0.3 is 11.5 Å². The predicted molar refractivity (Wildman–Crippen MR) is 89.7 cm³/mol. The maximum absolute atomic E-state index is 6.55. The number of thiophene rings is 1. The highest BCUT2D eigenvalue weighted by Gasteiger charge is 2.42. The van der Waals surface area contributed by atoms with Gasteiger partial charge in [-0.05, 0) is 31.6 Å². The molecule has 0 amide bonds. The molecule has 116 valence electrons. The van der Waals surface area contributed by atoms with Crippen molar-refractivity contribution in [1.82, 2.24) is 9.97 Å². The molecule has 2 aromatic heterocycles.